The first-order valence-corrected chi connectivity index (χ1v) is 10.5. The van der Waals surface area contributed by atoms with Crippen LogP contribution in [0, 0.1) is 5.82 Å². The molecule has 3 aromatic rings. The van der Waals surface area contributed by atoms with Crippen molar-refractivity contribution in [3.8, 4) is 11.1 Å². The molecule has 0 bridgehead atoms. The van der Waals surface area contributed by atoms with Crippen molar-refractivity contribution in [2.24, 2.45) is 0 Å². The lowest BCUT2D eigenvalue weighted by Crippen LogP contribution is -2.52. The van der Waals surface area contributed by atoms with Gasteiger partial charge in [-0.3, -0.25) is 9.59 Å². The fourth-order valence-electron chi connectivity index (χ4n) is 3.48. The average Bonchev–Trinajstić information content (AvgIpc) is 2.80. The number of carbonyl (C=O) groups excluding carboxylic acids is 2. The van der Waals surface area contributed by atoms with Crippen LogP contribution < -0.4 is 10.6 Å². The minimum Gasteiger partial charge on any atom is -0.480 e. The van der Waals surface area contributed by atoms with Crippen molar-refractivity contribution in [1.82, 2.24) is 10.6 Å². The Kier molecular flexibility index (Phi) is 7.91. The second-order valence-electron chi connectivity index (χ2n) is 7.75. The zero-order valence-electron chi connectivity index (χ0n) is 18.1. The molecule has 3 aromatic carbocycles. The molecule has 0 aromatic heterocycles. The first-order chi connectivity index (χ1) is 15.8. The Balaban J connectivity index is 1.70. The molecule has 33 heavy (non-hydrogen) atoms. The average molecular weight is 448 g/mol. The molecule has 0 radical (unpaired) electrons. The number of carbonyl (C=O) groups is 3. The van der Waals surface area contributed by atoms with E-state index in [-0.39, 0.29) is 12.8 Å². The highest BCUT2D eigenvalue weighted by molar-refractivity contribution is 5.90. The number of aliphatic carboxylic acids is 1. The van der Waals surface area contributed by atoms with Gasteiger partial charge in [0.15, 0.2) is 0 Å². The van der Waals surface area contributed by atoms with Gasteiger partial charge < -0.3 is 15.7 Å². The predicted octanol–water partition coefficient (Wildman–Crippen LogP) is 3.35. The zero-order valence-corrected chi connectivity index (χ0v) is 18.1. The maximum absolute atomic E-state index is 13.2. The molecule has 0 spiro atoms. The molecule has 0 aliphatic rings. The first-order valence-electron chi connectivity index (χ1n) is 10.5. The Labute approximate surface area is 191 Å². The Bertz CT molecular complexity index is 1100. The van der Waals surface area contributed by atoms with E-state index in [1.165, 1.54) is 31.2 Å². The van der Waals surface area contributed by atoms with Gasteiger partial charge in [-0.15, -0.1) is 0 Å². The minimum atomic E-state index is -1.18. The van der Waals surface area contributed by atoms with E-state index in [0.717, 1.165) is 16.7 Å². The number of carboxylic acid groups (broad SMARTS) is 1. The number of benzene rings is 3. The van der Waals surface area contributed by atoms with Crippen LogP contribution in [-0.2, 0) is 27.2 Å². The molecular weight excluding hydrogens is 423 g/mol. The third kappa shape index (κ3) is 7.00. The molecule has 0 unspecified atom stereocenters. The molecule has 7 heteroatoms. The van der Waals surface area contributed by atoms with Gasteiger partial charge in [0.25, 0.3) is 0 Å². The summed E-state index contributed by atoms with van der Waals surface area (Å²) >= 11 is 0. The molecule has 3 rings (SSSR count). The summed E-state index contributed by atoms with van der Waals surface area (Å²) in [6.07, 6.45) is 0.184. The van der Waals surface area contributed by atoms with E-state index >= 15 is 0 Å². The summed E-state index contributed by atoms with van der Waals surface area (Å²) in [6.45, 7) is 1.27. The summed E-state index contributed by atoms with van der Waals surface area (Å²) in [6, 6.07) is 20.6. The van der Waals surface area contributed by atoms with Crippen molar-refractivity contribution in [3.05, 3.63) is 95.8 Å². The summed E-state index contributed by atoms with van der Waals surface area (Å²) in [5, 5.41) is 14.7. The van der Waals surface area contributed by atoms with E-state index in [0.29, 0.717) is 5.56 Å². The van der Waals surface area contributed by atoms with Crippen LogP contribution in [-0.4, -0.2) is 35.0 Å². The lowest BCUT2D eigenvalue weighted by molar-refractivity contribution is -0.142. The Morgan fingerprint density at radius 1 is 0.758 bits per heavy atom. The smallest absolute Gasteiger partial charge is 0.326 e. The van der Waals surface area contributed by atoms with Gasteiger partial charge in [-0.25, -0.2) is 9.18 Å². The highest BCUT2D eigenvalue weighted by atomic mass is 19.1. The number of amides is 2. The van der Waals surface area contributed by atoms with Gasteiger partial charge in [0.2, 0.25) is 11.8 Å². The highest BCUT2D eigenvalue weighted by Gasteiger charge is 2.26. The summed E-state index contributed by atoms with van der Waals surface area (Å²) in [5.74, 6) is -2.65. The summed E-state index contributed by atoms with van der Waals surface area (Å²) in [5.41, 5.74) is 3.43. The minimum absolute atomic E-state index is 0.0828. The van der Waals surface area contributed by atoms with E-state index in [2.05, 4.69) is 10.6 Å². The number of hydrogen-bond acceptors (Lipinski definition) is 3. The van der Waals surface area contributed by atoms with E-state index in [1.54, 1.807) is 0 Å². The molecule has 6 nitrogen and oxygen atoms in total. The van der Waals surface area contributed by atoms with Crippen molar-refractivity contribution >= 4 is 17.8 Å². The van der Waals surface area contributed by atoms with Crippen LogP contribution in [0.3, 0.4) is 0 Å². The molecule has 0 fully saturated rings. The van der Waals surface area contributed by atoms with Crippen molar-refractivity contribution in [2.75, 3.05) is 0 Å². The SMILES string of the molecule is CC(=O)N[C@H](Cc1ccc(F)cc1)C(=O)N[C@@H](Cc1ccc(-c2ccccc2)cc1)C(=O)O. The second kappa shape index (κ2) is 11.0. The molecule has 2 atom stereocenters. The van der Waals surface area contributed by atoms with Crippen LogP contribution >= 0.6 is 0 Å². The molecule has 0 saturated heterocycles. The molecule has 170 valence electrons. The Hall–Kier alpha value is -4.00. The molecule has 0 heterocycles. The van der Waals surface area contributed by atoms with Crippen LogP contribution in [0.2, 0.25) is 0 Å². The number of rotatable bonds is 9. The van der Waals surface area contributed by atoms with Crippen LogP contribution in [0.25, 0.3) is 11.1 Å². The van der Waals surface area contributed by atoms with E-state index in [9.17, 15) is 23.9 Å². The predicted molar refractivity (Wildman–Crippen MR) is 123 cm³/mol. The standard InChI is InChI=1S/C26H25FN2O4/c1-17(30)28-23(15-19-9-13-22(27)14-10-19)25(31)29-24(26(32)33)16-18-7-11-21(12-8-18)20-5-3-2-4-6-20/h2-14,23-24H,15-16H2,1H3,(H,28,30)(H,29,31)(H,32,33)/t23-,24+/m1/s1. The van der Waals surface area contributed by atoms with Gasteiger partial charge in [0.05, 0.1) is 0 Å². The van der Waals surface area contributed by atoms with E-state index in [4.69, 9.17) is 0 Å². The number of nitrogens with one attached hydrogen (secondary N) is 2. The van der Waals surface area contributed by atoms with E-state index < -0.39 is 35.7 Å². The normalized spacial score (nSPS) is 12.4. The summed E-state index contributed by atoms with van der Waals surface area (Å²) < 4.78 is 13.2. The molecular formula is C26H25FN2O4. The Morgan fingerprint density at radius 2 is 1.27 bits per heavy atom. The lowest BCUT2D eigenvalue weighted by Gasteiger charge is -2.21. The second-order valence-corrected chi connectivity index (χ2v) is 7.75. The fourth-order valence-corrected chi connectivity index (χ4v) is 3.48. The number of halogens is 1. The monoisotopic (exact) mass is 448 g/mol. The van der Waals surface area contributed by atoms with Gasteiger partial charge in [0, 0.05) is 19.8 Å². The molecule has 3 N–H and O–H groups in total. The van der Waals surface area contributed by atoms with Crippen molar-refractivity contribution in [3.63, 3.8) is 0 Å². The molecule has 2 amide bonds. The quantitative estimate of drug-likeness (QED) is 0.468. The Morgan fingerprint density at radius 3 is 1.82 bits per heavy atom. The molecule has 0 aliphatic carbocycles. The van der Waals surface area contributed by atoms with Crippen molar-refractivity contribution in [2.45, 2.75) is 31.8 Å². The van der Waals surface area contributed by atoms with Gasteiger partial charge in [0.1, 0.15) is 17.9 Å². The summed E-state index contributed by atoms with van der Waals surface area (Å²) in [4.78, 5) is 36.3. The van der Waals surface area contributed by atoms with Crippen molar-refractivity contribution in [1.29, 1.82) is 0 Å². The number of carboxylic acids is 1. The van der Waals surface area contributed by atoms with Crippen LogP contribution in [0.1, 0.15) is 18.1 Å². The number of hydrogen-bond donors (Lipinski definition) is 3. The largest absolute Gasteiger partial charge is 0.480 e. The maximum atomic E-state index is 13.2. The summed E-state index contributed by atoms with van der Waals surface area (Å²) in [7, 11) is 0. The fraction of sp³-hybridized carbons (Fsp3) is 0.192. The first kappa shape index (κ1) is 23.7. The van der Waals surface area contributed by atoms with Gasteiger partial charge in [-0.1, -0.05) is 66.7 Å². The van der Waals surface area contributed by atoms with Gasteiger partial charge in [-0.05, 0) is 34.4 Å². The highest BCUT2D eigenvalue weighted by Crippen LogP contribution is 2.20. The van der Waals surface area contributed by atoms with Gasteiger partial charge >= 0.3 is 5.97 Å². The van der Waals surface area contributed by atoms with E-state index in [1.807, 2.05) is 54.6 Å². The lowest BCUT2D eigenvalue weighted by atomic mass is 10.00. The third-order valence-corrected chi connectivity index (χ3v) is 5.16. The topological polar surface area (TPSA) is 95.5 Å². The zero-order chi connectivity index (χ0) is 23.8. The van der Waals surface area contributed by atoms with Gasteiger partial charge in [-0.2, -0.15) is 0 Å². The van der Waals surface area contributed by atoms with Crippen LogP contribution in [0.5, 0.6) is 0 Å². The van der Waals surface area contributed by atoms with Crippen LogP contribution in [0.4, 0.5) is 4.39 Å². The molecule has 0 saturated carbocycles. The molecule has 0 aliphatic heterocycles. The van der Waals surface area contributed by atoms with Crippen molar-refractivity contribution < 1.29 is 23.9 Å². The maximum Gasteiger partial charge on any atom is 0.326 e. The third-order valence-electron chi connectivity index (χ3n) is 5.16. The van der Waals surface area contributed by atoms with Crippen LogP contribution in [0.15, 0.2) is 78.9 Å².